The van der Waals surface area contributed by atoms with E-state index in [4.69, 9.17) is 10.6 Å². The Bertz CT molecular complexity index is 851. The number of benzene rings is 1. The topological polar surface area (TPSA) is 119 Å². The standard InChI is InChI=1S/C13H8N4O3/c14-17-16-5-1-2-8-3-4-11-9(6-8)12(18)10(7-15-11)13(19)20/h3-4,6-7H,5H2,(H,15,18)(H,19,20). The Balaban J connectivity index is 2.54. The van der Waals surface area contributed by atoms with Crippen LogP contribution in [0.5, 0.6) is 0 Å². The van der Waals surface area contributed by atoms with Gasteiger partial charge in [-0.3, -0.25) is 4.79 Å². The Morgan fingerprint density at radius 3 is 3.00 bits per heavy atom. The van der Waals surface area contributed by atoms with Gasteiger partial charge in [-0.25, -0.2) is 4.79 Å². The van der Waals surface area contributed by atoms with E-state index in [1.807, 2.05) is 0 Å². The summed E-state index contributed by atoms with van der Waals surface area (Å²) in [5, 5.41) is 12.4. The Hall–Kier alpha value is -3.23. The summed E-state index contributed by atoms with van der Waals surface area (Å²) in [4.78, 5) is 28.2. The van der Waals surface area contributed by atoms with E-state index in [1.165, 1.54) is 12.3 Å². The molecule has 0 fully saturated rings. The average Bonchev–Trinajstić information content (AvgIpc) is 2.44. The minimum Gasteiger partial charge on any atom is -0.477 e. The molecule has 0 aliphatic rings. The number of aromatic carboxylic acids is 1. The van der Waals surface area contributed by atoms with E-state index in [0.717, 1.165) is 0 Å². The van der Waals surface area contributed by atoms with Gasteiger partial charge in [-0.2, -0.15) is 0 Å². The van der Waals surface area contributed by atoms with Crippen LogP contribution in [-0.4, -0.2) is 22.6 Å². The molecule has 0 unspecified atom stereocenters. The number of rotatable bonds is 2. The SMILES string of the molecule is [N-]=[N+]=NCC#Cc1ccc2[nH]cc(C(=O)O)c(=O)c2c1. The lowest BCUT2D eigenvalue weighted by molar-refractivity contribution is 0.0695. The van der Waals surface area contributed by atoms with Crippen molar-refractivity contribution >= 4 is 16.9 Å². The van der Waals surface area contributed by atoms with E-state index >= 15 is 0 Å². The number of pyridine rings is 1. The number of fused-ring (bicyclic) bond motifs is 1. The van der Waals surface area contributed by atoms with Crippen LogP contribution >= 0.6 is 0 Å². The summed E-state index contributed by atoms with van der Waals surface area (Å²) in [6.45, 7) is 0.0278. The lowest BCUT2D eigenvalue weighted by Crippen LogP contribution is -2.15. The fourth-order valence-electron chi connectivity index (χ4n) is 1.66. The number of aromatic nitrogens is 1. The van der Waals surface area contributed by atoms with Crippen LogP contribution in [0.1, 0.15) is 15.9 Å². The van der Waals surface area contributed by atoms with Crippen molar-refractivity contribution in [2.75, 3.05) is 6.54 Å². The molecule has 0 spiro atoms. The number of carbonyl (C=O) groups is 1. The van der Waals surface area contributed by atoms with Gasteiger partial charge in [-0.05, 0) is 23.7 Å². The van der Waals surface area contributed by atoms with Crippen molar-refractivity contribution in [3.63, 3.8) is 0 Å². The maximum absolute atomic E-state index is 12.0. The normalized spacial score (nSPS) is 9.40. The van der Waals surface area contributed by atoms with Crippen LogP contribution in [0, 0.1) is 11.8 Å². The van der Waals surface area contributed by atoms with Crippen LogP contribution in [0.4, 0.5) is 0 Å². The highest BCUT2D eigenvalue weighted by Crippen LogP contribution is 2.10. The first-order valence-electron chi connectivity index (χ1n) is 5.52. The second-order valence-electron chi connectivity index (χ2n) is 3.79. The van der Waals surface area contributed by atoms with Crippen molar-refractivity contribution in [1.29, 1.82) is 0 Å². The molecule has 1 aromatic carbocycles. The third-order valence-electron chi connectivity index (χ3n) is 2.56. The summed E-state index contributed by atoms with van der Waals surface area (Å²) >= 11 is 0. The molecule has 0 aliphatic carbocycles. The first-order valence-corrected chi connectivity index (χ1v) is 5.52. The predicted molar refractivity (Wildman–Crippen MR) is 72.4 cm³/mol. The molecule has 7 nitrogen and oxygen atoms in total. The molecule has 2 N–H and O–H groups in total. The maximum atomic E-state index is 12.0. The zero-order chi connectivity index (χ0) is 14.5. The summed E-state index contributed by atoms with van der Waals surface area (Å²) in [5.41, 5.74) is 8.29. The van der Waals surface area contributed by atoms with Crippen LogP contribution in [0.15, 0.2) is 34.3 Å². The highest BCUT2D eigenvalue weighted by molar-refractivity contribution is 5.92. The monoisotopic (exact) mass is 268 g/mol. The molecular weight excluding hydrogens is 260 g/mol. The molecule has 0 aliphatic heterocycles. The van der Waals surface area contributed by atoms with Gasteiger partial charge in [0.25, 0.3) is 0 Å². The summed E-state index contributed by atoms with van der Waals surface area (Å²) in [5.74, 6) is 4.07. The van der Waals surface area contributed by atoms with Gasteiger partial charge in [-0.1, -0.05) is 17.0 Å². The van der Waals surface area contributed by atoms with Crippen molar-refractivity contribution in [2.24, 2.45) is 5.11 Å². The fourth-order valence-corrected chi connectivity index (χ4v) is 1.66. The zero-order valence-corrected chi connectivity index (χ0v) is 10.1. The predicted octanol–water partition coefficient (Wildman–Crippen LogP) is 1.89. The first-order chi connectivity index (χ1) is 9.63. The molecule has 0 bridgehead atoms. The third kappa shape index (κ3) is 2.61. The number of H-pyrrole nitrogens is 1. The number of carboxylic acids is 1. The van der Waals surface area contributed by atoms with Gasteiger partial charge in [0.1, 0.15) is 5.56 Å². The van der Waals surface area contributed by atoms with Gasteiger partial charge < -0.3 is 10.1 Å². The van der Waals surface area contributed by atoms with Crippen molar-refractivity contribution in [3.05, 3.63) is 56.2 Å². The number of carboxylic acid groups (broad SMARTS) is 1. The van der Waals surface area contributed by atoms with Crippen LogP contribution in [0.3, 0.4) is 0 Å². The van der Waals surface area contributed by atoms with Gasteiger partial charge in [0.2, 0.25) is 5.43 Å². The summed E-state index contributed by atoms with van der Waals surface area (Å²) < 4.78 is 0. The Morgan fingerprint density at radius 2 is 2.30 bits per heavy atom. The van der Waals surface area contributed by atoms with E-state index in [9.17, 15) is 9.59 Å². The summed E-state index contributed by atoms with van der Waals surface area (Å²) in [6, 6.07) is 4.82. The second kappa shape index (κ2) is 5.61. The van der Waals surface area contributed by atoms with Gasteiger partial charge in [0.15, 0.2) is 0 Å². The number of nitrogens with one attached hydrogen (secondary N) is 1. The van der Waals surface area contributed by atoms with E-state index in [2.05, 4.69) is 26.9 Å². The fraction of sp³-hybridized carbons (Fsp3) is 0.0769. The molecule has 1 aromatic heterocycles. The molecule has 20 heavy (non-hydrogen) atoms. The minimum absolute atomic E-state index is 0.0278. The zero-order valence-electron chi connectivity index (χ0n) is 10.1. The van der Waals surface area contributed by atoms with Gasteiger partial charge in [-0.15, -0.1) is 0 Å². The number of azide groups is 1. The third-order valence-corrected chi connectivity index (χ3v) is 2.56. The number of hydrogen-bond acceptors (Lipinski definition) is 3. The van der Waals surface area contributed by atoms with Crippen LogP contribution < -0.4 is 5.43 Å². The molecule has 7 heteroatoms. The molecule has 0 saturated heterocycles. The Labute approximate surface area is 112 Å². The molecular formula is C13H8N4O3. The van der Waals surface area contributed by atoms with Crippen molar-refractivity contribution < 1.29 is 9.90 Å². The summed E-state index contributed by atoms with van der Waals surface area (Å²) in [6.07, 6.45) is 1.17. The van der Waals surface area contributed by atoms with Crippen molar-refractivity contribution in [1.82, 2.24) is 4.98 Å². The number of nitrogens with zero attached hydrogens (tertiary/aromatic N) is 3. The Kier molecular flexibility index (Phi) is 3.70. The summed E-state index contributed by atoms with van der Waals surface area (Å²) in [7, 11) is 0. The lowest BCUT2D eigenvalue weighted by atomic mass is 10.1. The average molecular weight is 268 g/mol. The smallest absolute Gasteiger partial charge is 0.341 e. The largest absolute Gasteiger partial charge is 0.477 e. The molecule has 1 heterocycles. The van der Waals surface area contributed by atoms with Crippen LogP contribution in [0.25, 0.3) is 21.3 Å². The molecule has 0 saturated carbocycles. The maximum Gasteiger partial charge on any atom is 0.341 e. The highest BCUT2D eigenvalue weighted by Gasteiger charge is 2.11. The molecule has 0 atom stereocenters. The van der Waals surface area contributed by atoms with E-state index < -0.39 is 11.4 Å². The second-order valence-corrected chi connectivity index (χ2v) is 3.79. The molecule has 98 valence electrons. The van der Waals surface area contributed by atoms with Gasteiger partial charge in [0, 0.05) is 27.6 Å². The molecule has 0 radical (unpaired) electrons. The van der Waals surface area contributed by atoms with E-state index in [-0.39, 0.29) is 17.5 Å². The van der Waals surface area contributed by atoms with Crippen molar-refractivity contribution in [2.45, 2.75) is 0 Å². The van der Waals surface area contributed by atoms with E-state index in [0.29, 0.717) is 11.1 Å². The molecule has 2 rings (SSSR count). The lowest BCUT2D eigenvalue weighted by Gasteiger charge is -2.00. The van der Waals surface area contributed by atoms with Crippen LogP contribution in [-0.2, 0) is 0 Å². The number of hydrogen-bond donors (Lipinski definition) is 2. The van der Waals surface area contributed by atoms with Crippen molar-refractivity contribution in [3.8, 4) is 11.8 Å². The van der Waals surface area contributed by atoms with Gasteiger partial charge >= 0.3 is 5.97 Å². The quantitative estimate of drug-likeness (QED) is 0.374. The highest BCUT2D eigenvalue weighted by atomic mass is 16.4. The van der Waals surface area contributed by atoms with Crippen LogP contribution in [0.2, 0.25) is 0 Å². The molecule has 2 aromatic rings. The molecule has 0 amide bonds. The number of aromatic amines is 1. The van der Waals surface area contributed by atoms with E-state index in [1.54, 1.807) is 12.1 Å². The minimum atomic E-state index is -1.28. The Morgan fingerprint density at radius 1 is 1.50 bits per heavy atom. The van der Waals surface area contributed by atoms with Gasteiger partial charge in [0.05, 0.1) is 6.54 Å². The first kappa shape index (κ1) is 13.2.